The molecular weight excluding hydrogens is 488 g/mol. The Hall–Kier alpha value is -1.83. The summed E-state index contributed by atoms with van der Waals surface area (Å²) in [6.45, 7) is 3.74. The van der Waals surface area contributed by atoms with Crippen LogP contribution in [0, 0.1) is 5.92 Å². The predicted octanol–water partition coefficient (Wildman–Crippen LogP) is 5.58. The molecule has 1 unspecified atom stereocenters. The molecule has 1 aliphatic heterocycles. The van der Waals surface area contributed by atoms with Gasteiger partial charge in [0, 0.05) is 30.0 Å². The minimum absolute atomic E-state index is 0.0543. The summed E-state index contributed by atoms with van der Waals surface area (Å²) < 4.78 is 9.23. The number of benzene rings is 1. The van der Waals surface area contributed by atoms with Crippen molar-refractivity contribution in [1.29, 1.82) is 0 Å². The third kappa shape index (κ3) is 4.29. The van der Waals surface area contributed by atoms with Crippen LogP contribution in [-0.2, 0) is 16.1 Å². The van der Waals surface area contributed by atoms with Gasteiger partial charge in [0.05, 0.1) is 27.2 Å². The van der Waals surface area contributed by atoms with Crippen LogP contribution in [0.15, 0.2) is 40.2 Å². The first-order valence-electron chi connectivity index (χ1n) is 9.94. The molecule has 0 saturated carbocycles. The molecule has 0 radical (unpaired) electrons. The molecule has 3 aromatic rings. The Bertz CT molecular complexity index is 1090. The van der Waals surface area contributed by atoms with Crippen molar-refractivity contribution in [3.63, 3.8) is 0 Å². The van der Waals surface area contributed by atoms with Gasteiger partial charge in [-0.1, -0.05) is 23.7 Å². The molecule has 30 heavy (non-hydrogen) atoms. The number of rotatable bonds is 5. The lowest BCUT2D eigenvalue weighted by Gasteiger charge is -2.31. The van der Waals surface area contributed by atoms with Gasteiger partial charge in [0.2, 0.25) is 0 Å². The van der Waals surface area contributed by atoms with E-state index in [0.29, 0.717) is 37.0 Å². The molecule has 1 amide bonds. The maximum atomic E-state index is 13.5. The van der Waals surface area contributed by atoms with Crippen LogP contribution in [0.5, 0.6) is 0 Å². The second-order valence-electron chi connectivity index (χ2n) is 7.38. The summed E-state index contributed by atoms with van der Waals surface area (Å²) in [6, 6.07) is 9.62. The maximum absolute atomic E-state index is 13.5. The number of hydrogen-bond donors (Lipinski definition) is 0. The monoisotopic (exact) mass is 508 g/mol. The second-order valence-corrected chi connectivity index (χ2v) is 9.59. The van der Waals surface area contributed by atoms with Gasteiger partial charge in [-0.15, -0.1) is 11.3 Å². The predicted molar refractivity (Wildman–Crippen MR) is 123 cm³/mol. The number of esters is 1. The molecule has 1 aromatic carbocycles. The molecule has 1 fully saturated rings. The van der Waals surface area contributed by atoms with Crippen molar-refractivity contribution < 1.29 is 14.3 Å². The first-order chi connectivity index (χ1) is 14.5. The molecule has 0 aliphatic carbocycles. The number of halogens is 2. The fourth-order valence-electron chi connectivity index (χ4n) is 3.97. The number of likely N-dealkylation sites (tertiary alicyclic amines) is 1. The number of hydrogen-bond acceptors (Lipinski definition) is 4. The quantitative estimate of drug-likeness (QED) is 0.422. The summed E-state index contributed by atoms with van der Waals surface area (Å²) in [5, 5.41) is 2.70. The normalized spacial score (nSPS) is 16.8. The number of ether oxygens (including phenoxy) is 1. The summed E-state index contributed by atoms with van der Waals surface area (Å²) in [5.41, 5.74) is 2.65. The zero-order chi connectivity index (χ0) is 21.3. The van der Waals surface area contributed by atoms with Crippen molar-refractivity contribution in [2.24, 2.45) is 5.92 Å². The highest BCUT2D eigenvalue weighted by atomic mass is 79.9. The summed E-state index contributed by atoms with van der Waals surface area (Å²) in [4.78, 5) is 27.5. The Morgan fingerprint density at radius 2 is 2.17 bits per heavy atom. The lowest BCUT2D eigenvalue weighted by atomic mass is 9.98. The summed E-state index contributed by atoms with van der Waals surface area (Å²) in [7, 11) is 0. The molecule has 0 spiro atoms. The number of aromatic nitrogens is 1. The molecule has 0 N–H and O–H groups in total. The Kier molecular flexibility index (Phi) is 6.51. The highest BCUT2D eigenvalue weighted by Gasteiger charge is 2.31. The highest BCUT2D eigenvalue weighted by molar-refractivity contribution is 9.10. The van der Waals surface area contributed by atoms with Crippen molar-refractivity contribution in [2.45, 2.75) is 26.3 Å². The van der Waals surface area contributed by atoms with Crippen LogP contribution in [0.25, 0.3) is 10.2 Å². The number of nitrogens with zero attached hydrogens (tertiary/aromatic N) is 2. The second kappa shape index (κ2) is 9.12. The largest absolute Gasteiger partial charge is 0.466 e. The number of fused-ring (bicyclic) bond motifs is 1. The van der Waals surface area contributed by atoms with Crippen LogP contribution in [0.2, 0.25) is 5.02 Å². The number of piperidine rings is 1. The molecule has 2 aromatic heterocycles. The molecule has 8 heteroatoms. The molecule has 1 aliphatic rings. The summed E-state index contributed by atoms with van der Waals surface area (Å²) in [6.07, 6.45) is 1.55. The molecule has 158 valence electrons. The van der Waals surface area contributed by atoms with Gasteiger partial charge in [0.25, 0.3) is 5.91 Å². The van der Waals surface area contributed by atoms with Crippen LogP contribution in [0.3, 0.4) is 0 Å². The van der Waals surface area contributed by atoms with Gasteiger partial charge < -0.3 is 14.2 Å². The van der Waals surface area contributed by atoms with Gasteiger partial charge in [-0.25, -0.2) is 0 Å². The van der Waals surface area contributed by atoms with Gasteiger partial charge in [-0.3, -0.25) is 9.59 Å². The summed E-state index contributed by atoms with van der Waals surface area (Å²) in [5.74, 6) is -0.527. The zero-order valence-electron chi connectivity index (χ0n) is 16.6. The zero-order valence-corrected chi connectivity index (χ0v) is 19.7. The van der Waals surface area contributed by atoms with E-state index in [0.717, 1.165) is 33.1 Å². The Labute approximate surface area is 192 Å². The first-order valence-corrected chi connectivity index (χ1v) is 12.0. The number of carbonyl (C=O) groups is 2. The van der Waals surface area contributed by atoms with E-state index in [2.05, 4.69) is 15.9 Å². The average Bonchev–Trinajstić information content (AvgIpc) is 3.28. The molecule has 1 atom stereocenters. The minimum atomic E-state index is -0.258. The Balaban J connectivity index is 1.66. The summed E-state index contributed by atoms with van der Waals surface area (Å²) >= 11 is 11.4. The van der Waals surface area contributed by atoms with Crippen LogP contribution in [-0.4, -0.2) is 41.0 Å². The van der Waals surface area contributed by atoms with Crippen LogP contribution >= 0.6 is 38.9 Å². The Morgan fingerprint density at radius 1 is 1.33 bits per heavy atom. The number of carbonyl (C=O) groups excluding carboxylic acids is 2. The van der Waals surface area contributed by atoms with Gasteiger partial charge in [-0.05, 0) is 59.5 Å². The van der Waals surface area contributed by atoms with Crippen molar-refractivity contribution in [1.82, 2.24) is 9.47 Å². The van der Waals surface area contributed by atoms with Gasteiger partial charge >= 0.3 is 5.97 Å². The standard InChI is InChI=1S/C22H22BrClN2O3S/c1-2-29-22(28)15-6-4-8-25(12-15)21(27)18-10-19-20(17(23)13-30-19)26(18)11-14-5-3-7-16(24)9-14/h3,5,7,9-10,13,15H,2,4,6,8,11-12H2,1H3. The highest BCUT2D eigenvalue weighted by Crippen LogP contribution is 2.35. The number of amides is 1. The fraction of sp³-hybridized carbons (Fsp3) is 0.364. The Morgan fingerprint density at radius 3 is 2.93 bits per heavy atom. The smallest absolute Gasteiger partial charge is 0.310 e. The van der Waals surface area contributed by atoms with E-state index in [1.54, 1.807) is 23.2 Å². The average molecular weight is 510 g/mol. The SMILES string of the molecule is CCOC(=O)C1CCCN(C(=O)c2cc3scc(Br)c3n2Cc2cccc(Cl)c2)C1. The number of thiophene rings is 1. The van der Waals surface area contributed by atoms with E-state index >= 15 is 0 Å². The van der Waals surface area contributed by atoms with Gasteiger partial charge in [0.1, 0.15) is 5.69 Å². The van der Waals surface area contributed by atoms with Crippen LogP contribution in [0.4, 0.5) is 0 Å². The van der Waals surface area contributed by atoms with E-state index in [1.165, 1.54) is 0 Å². The topological polar surface area (TPSA) is 51.5 Å². The van der Waals surface area contributed by atoms with Gasteiger partial charge in [0.15, 0.2) is 0 Å². The lowest BCUT2D eigenvalue weighted by Crippen LogP contribution is -2.43. The van der Waals surface area contributed by atoms with E-state index < -0.39 is 0 Å². The van der Waals surface area contributed by atoms with Crippen LogP contribution in [0.1, 0.15) is 35.8 Å². The third-order valence-corrected chi connectivity index (χ3v) is 7.42. The molecule has 4 rings (SSSR count). The lowest BCUT2D eigenvalue weighted by molar-refractivity contribution is -0.149. The first kappa shape index (κ1) is 21.4. The molecule has 1 saturated heterocycles. The van der Waals surface area contributed by atoms with Crippen molar-refractivity contribution in [3.8, 4) is 0 Å². The van der Waals surface area contributed by atoms with E-state index in [1.807, 2.05) is 40.3 Å². The maximum Gasteiger partial charge on any atom is 0.310 e. The fourth-order valence-corrected chi connectivity index (χ4v) is 5.87. The van der Waals surface area contributed by atoms with Crippen molar-refractivity contribution in [3.05, 3.63) is 56.5 Å². The molecule has 3 heterocycles. The van der Waals surface area contributed by atoms with Gasteiger partial charge in [-0.2, -0.15) is 0 Å². The van der Waals surface area contributed by atoms with Crippen molar-refractivity contribution >= 4 is 61.0 Å². The van der Waals surface area contributed by atoms with Crippen LogP contribution < -0.4 is 0 Å². The van der Waals surface area contributed by atoms with E-state index in [4.69, 9.17) is 16.3 Å². The van der Waals surface area contributed by atoms with E-state index in [9.17, 15) is 9.59 Å². The van der Waals surface area contributed by atoms with Crippen molar-refractivity contribution in [2.75, 3.05) is 19.7 Å². The minimum Gasteiger partial charge on any atom is -0.466 e. The van der Waals surface area contributed by atoms with E-state index in [-0.39, 0.29) is 17.8 Å². The molecular formula is C22H22BrClN2O3S. The third-order valence-electron chi connectivity index (χ3n) is 5.35. The molecule has 0 bridgehead atoms. The molecule has 5 nitrogen and oxygen atoms in total.